The highest BCUT2D eigenvalue weighted by molar-refractivity contribution is 9.10. The Bertz CT molecular complexity index is 1700. The van der Waals surface area contributed by atoms with Crippen LogP contribution in [0.1, 0.15) is 50.6 Å². The monoisotopic (exact) mass is 646 g/mol. The number of hydrogen-bond acceptors (Lipinski definition) is 8. The van der Waals surface area contributed by atoms with Crippen molar-refractivity contribution in [1.82, 2.24) is 4.98 Å². The molecule has 0 bridgehead atoms. The number of carbonyl (C=O) groups is 3. The highest BCUT2D eigenvalue weighted by atomic mass is 79.9. The van der Waals surface area contributed by atoms with Crippen LogP contribution in [0.2, 0.25) is 0 Å². The first-order valence-electron chi connectivity index (χ1n) is 13.2. The van der Waals surface area contributed by atoms with E-state index in [4.69, 9.17) is 9.47 Å². The molecule has 0 aliphatic carbocycles. The van der Waals surface area contributed by atoms with Gasteiger partial charge in [-0.3, -0.25) is 14.5 Å². The molecule has 0 unspecified atom stereocenters. The molecule has 4 aromatic rings. The number of nitrogens with zero attached hydrogens (tertiary/aromatic N) is 2. The summed E-state index contributed by atoms with van der Waals surface area (Å²) in [5.74, 6) is -1.97. The van der Waals surface area contributed by atoms with Gasteiger partial charge in [0, 0.05) is 10.0 Å². The van der Waals surface area contributed by atoms with Gasteiger partial charge in [0.05, 0.1) is 23.9 Å². The quantitative estimate of drug-likeness (QED) is 0.0960. The third kappa shape index (κ3) is 5.73. The molecule has 5 rings (SSSR count). The molecule has 10 heteroatoms. The number of aryl methyl sites for hydroxylation is 2. The topological polar surface area (TPSA) is 106 Å². The van der Waals surface area contributed by atoms with Gasteiger partial charge in [-0.2, -0.15) is 0 Å². The Morgan fingerprint density at radius 2 is 1.76 bits per heavy atom. The lowest BCUT2D eigenvalue weighted by atomic mass is 9.94. The summed E-state index contributed by atoms with van der Waals surface area (Å²) >= 11 is 4.39. The molecular weight excluding hydrogens is 620 g/mol. The molecule has 1 saturated heterocycles. The van der Waals surface area contributed by atoms with Crippen LogP contribution < -0.4 is 9.64 Å². The summed E-state index contributed by atoms with van der Waals surface area (Å²) < 4.78 is 11.9. The van der Waals surface area contributed by atoms with Crippen molar-refractivity contribution in [3.05, 3.63) is 116 Å². The van der Waals surface area contributed by atoms with E-state index in [1.54, 1.807) is 63.2 Å². The first kappa shape index (κ1) is 29.2. The summed E-state index contributed by atoms with van der Waals surface area (Å²) in [6.07, 6.45) is 0. The number of Topliss-reactive ketones (excluding diaryl/α,β-unsaturated/α-hetero) is 1. The number of amides is 1. The molecule has 1 aliphatic heterocycles. The number of hydrogen-bond donors (Lipinski definition) is 1. The number of aliphatic hydroxyl groups excluding tert-OH is 1. The minimum absolute atomic E-state index is 0.0751. The number of aliphatic hydroxyl groups is 1. The molecule has 8 nitrogen and oxygen atoms in total. The highest BCUT2D eigenvalue weighted by Gasteiger charge is 2.48. The minimum atomic E-state index is -0.980. The van der Waals surface area contributed by atoms with Gasteiger partial charge in [-0.25, -0.2) is 9.78 Å². The van der Waals surface area contributed by atoms with E-state index < -0.39 is 23.7 Å². The highest BCUT2D eigenvalue weighted by Crippen LogP contribution is 2.44. The molecule has 0 saturated carbocycles. The van der Waals surface area contributed by atoms with E-state index in [9.17, 15) is 19.5 Å². The summed E-state index contributed by atoms with van der Waals surface area (Å²) in [6, 6.07) is 21.0. The van der Waals surface area contributed by atoms with Crippen LogP contribution in [0.4, 0.5) is 5.13 Å². The number of ether oxygens (including phenoxy) is 2. The first-order valence-corrected chi connectivity index (χ1v) is 14.8. The molecule has 0 radical (unpaired) electrons. The number of aromatic nitrogens is 1. The van der Waals surface area contributed by atoms with Crippen LogP contribution in [0.3, 0.4) is 0 Å². The van der Waals surface area contributed by atoms with E-state index in [0.29, 0.717) is 34.7 Å². The normalized spacial score (nSPS) is 16.1. The molecule has 1 aromatic heterocycles. The van der Waals surface area contributed by atoms with Gasteiger partial charge in [0.2, 0.25) is 0 Å². The van der Waals surface area contributed by atoms with Gasteiger partial charge in [0.1, 0.15) is 23.0 Å². The molecule has 1 amide bonds. The van der Waals surface area contributed by atoms with Gasteiger partial charge in [-0.15, -0.1) is 0 Å². The Hall–Kier alpha value is -4.28. The average Bonchev–Trinajstić information content (AvgIpc) is 3.49. The van der Waals surface area contributed by atoms with E-state index in [1.165, 1.54) is 4.90 Å². The zero-order valence-corrected chi connectivity index (χ0v) is 25.5. The number of thiazole rings is 1. The van der Waals surface area contributed by atoms with E-state index >= 15 is 0 Å². The van der Waals surface area contributed by atoms with E-state index in [1.807, 2.05) is 30.3 Å². The van der Waals surface area contributed by atoms with Crippen LogP contribution in [0.25, 0.3) is 5.76 Å². The molecule has 3 aromatic carbocycles. The molecule has 0 spiro atoms. The van der Waals surface area contributed by atoms with Crippen molar-refractivity contribution in [2.24, 2.45) is 0 Å². The van der Waals surface area contributed by atoms with Gasteiger partial charge in [-0.05, 0) is 67.8 Å². The smallest absolute Gasteiger partial charge is 0.350 e. The van der Waals surface area contributed by atoms with Crippen molar-refractivity contribution in [3.63, 3.8) is 0 Å². The van der Waals surface area contributed by atoms with Crippen LogP contribution in [0.15, 0.2) is 82.8 Å². The maximum atomic E-state index is 13.6. The second kappa shape index (κ2) is 12.3. The minimum Gasteiger partial charge on any atom is -0.507 e. The second-order valence-electron chi connectivity index (χ2n) is 9.60. The standard InChI is InChI=1S/C32H27BrN2O6S/c1-4-40-31(39)29-19(3)34-32(42-29)35-26(21-10-12-22(33)13-11-21)25(28(37)30(35)38)27(36)24-15-14-23(16-18(24)2)41-17-20-8-6-5-7-9-20/h5-16,26,36H,4,17H2,1-3H3/t26-/m1/s1. The van der Waals surface area contributed by atoms with Gasteiger partial charge in [0.25, 0.3) is 5.78 Å². The Morgan fingerprint density at radius 3 is 2.43 bits per heavy atom. The fourth-order valence-corrected chi connectivity index (χ4v) is 5.99. The summed E-state index contributed by atoms with van der Waals surface area (Å²) in [7, 11) is 0. The number of carbonyl (C=O) groups excluding carboxylic acids is 3. The number of esters is 1. The molecular formula is C32H27BrN2O6S. The third-order valence-corrected chi connectivity index (χ3v) is 8.45. The Labute approximate surface area is 255 Å². The Morgan fingerprint density at radius 1 is 1.05 bits per heavy atom. The van der Waals surface area contributed by atoms with Crippen LogP contribution in [-0.4, -0.2) is 34.4 Å². The lowest BCUT2D eigenvalue weighted by Gasteiger charge is -2.23. The molecule has 2 heterocycles. The van der Waals surface area contributed by atoms with Crippen LogP contribution >= 0.6 is 27.3 Å². The van der Waals surface area contributed by atoms with E-state index in [-0.39, 0.29) is 27.9 Å². The molecule has 1 N–H and O–H groups in total. The van der Waals surface area contributed by atoms with E-state index in [0.717, 1.165) is 21.4 Å². The number of benzene rings is 3. The lowest BCUT2D eigenvalue weighted by molar-refractivity contribution is -0.132. The van der Waals surface area contributed by atoms with Gasteiger partial charge in [0.15, 0.2) is 5.13 Å². The van der Waals surface area contributed by atoms with Crippen LogP contribution in [-0.2, 0) is 20.9 Å². The summed E-state index contributed by atoms with van der Waals surface area (Å²) in [5.41, 5.74) is 2.96. The fourth-order valence-electron chi connectivity index (χ4n) is 4.74. The SMILES string of the molecule is CCOC(=O)c1sc(N2C(=O)C(=O)C(=C(O)c3ccc(OCc4ccccc4)cc3C)[C@H]2c2ccc(Br)cc2)nc1C. The zero-order valence-electron chi connectivity index (χ0n) is 23.1. The summed E-state index contributed by atoms with van der Waals surface area (Å²) in [6.45, 7) is 5.70. The van der Waals surface area contributed by atoms with Crippen molar-refractivity contribution in [1.29, 1.82) is 0 Å². The van der Waals surface area contributed by atoms with E-state index in [2.05, 4.69) is 20.9 Å². The summed E-state index contributed by atoms with van der Waals surface area (Å²) in [5, 5.41) is 11.8. The number of anilines is 1. The molecule has 1 fully saturated rings. The third-order valence-electron chi connectivity index (χ3n) is 6.78. The van der Waals surface area contributed by atoms with Crippen LogP contribution in [0.5, 0.6) is 5.75 Å². The maximum Gasteiger partial charge on any atom is 0.350 e. The van der Waals surface area contributed by atoms with Crippen molar-refractivity contribution in [2.45, 2.75) is 33.4 Å². The van der Waals surface area contributed by atoms with Crippen LogP contribution in [0, 0.1) is 13.8 Å². The lowest BCUT2D eigenvalue weighted by Crippen LogP contribution is -2.29. The zero-order chi connectivity index (χ0) is 30.0. The molecule has 214 valence electrons. The summed E-state index contributed by atoms with van der Waals surface area (Å²) in [4.78, 5) is 45.5. The predicted molar refractivity (Wildman–Crippen MR) is 164 cm³/mol. The Balaban J connectivity index is 1.57. The maximum absolute atomic E-state index is 13.6. The van der Waals surface area contributed by atoms with Gasteiger partial charge < -0.3 is 14.6 Å². The fraction of sp³-hybridized carbons (Fsp3) is 0.188. The number of rotatable bonds is 8. The van der Waals surface area contributed by atoms with Crippen molar-refractivity contribution in [2.75, 3.05) is 11.5 Å². The van der Waals surface area contributed by atoms with Crippen molar-refractivity contribution in [3.8, 4) is 5.75 Å². The number of halogens is 1. The second-order valence-corrected chi connectivity index (χ2v) is 11.5. The molecule has 1 aliphatic rings. The number of ketones is 1. The predicted octanol–water partition coefficient (Wildman–Crippen LogP) is 6.90. The molecule has 1 atom stereocenters. The Kier molecular flexibility index (Phi) is 8.56. The van der Waals surface area contributed by atoms with Gasteiger partial charge >= 0.3 is 11.9 Å². The van der Waals surface area contributed by atoms with Crippen molar-refractivity contribution < 1.29 is 29.0 Å². The van der Waals surface area contributed by atoms with Crippen molar-refractivity contribution >= 4 is 55.8 Å². The van der Waals surface area contributed by atoms with Gasteiger partial charge in [-0.1, -0.05) is 69.7 Å². The average molecular weight is 648 g/mol. The first-order chi connectivity index (χ1) is 20.2. The largest absolute Gasteiger partial charge is 0.507 e. The molecule has 42 heavy (non-hydrogen) atoms.